The maximum absolute atomic E-state index is 6.44. The van der Waals surface area contributed by atoms with Gasteiger partial charge in [0.25, 0.3) is 0 Å². The van der Waals surface area contributed by atoms with Crippen molar-refractivity contribution in [2.24, 2.45) is 17.4 Å². The Morgan fingerprint density at radius 3 is 2.50 bits per heavy atom. The molecule has 0 radical (unpaired) electrons. The second kappa shape index (κ2) is 5.17. The van der Waals surface area contributed by atoms with Crippen molar-refractivity contribution in [3.05, 3.63) is 0 Å². The van der Waals surface area contributed by atoms with Crippen molar-refractivity contribution >= 4 is 8.32 Å². The van der Waals surface area contributed by atoms with Gasteiger partial charge in [-0.15, -0.1) is 0 Å². The van der Waals surface area contributed by atoms with Gasteiger partial charge in [-0.3, -0.25) is 0 Å². The Balaban J connectivity index is 2.80. The molecule has 4 heteroatoms. The molecule has 1 aliphatic rings. The van der Waals surface area contributed by atoms with Gasteiger partial charge in [-0.05, 0) is 52.4 Å². The van der Waals surface area contributed by atoms with Crippen LogP contribution in [0.15, 0.2) is 0 Å². The van der Waals surface area contributed by atoms with Crippen molar-refractivity contribution < 1.29 is 4.43 Å². The van der Waals surface area contributed by atoms with Crippen LogP contribution in [0.25, 0.3) is 0 Å². The van der Waals surface area contributed by atoms with Crippen LogP contribution in [0.1, 0.15) is 33.1 Å². The van der Waals surface area contributed by atoms with Crippen molar-refractivity contribution in [2.45, 2.75) is 63.9 Å². The Morgan fingerprint density at radius 2 is 2.06 bits per heavy atom. The van der Waals surface area contributed by atoms with Crippen LogP contribution in [0.5, 0.6) is 0 Å². The summed E-state index contributed by atoms with van der Waals surface area (Å²) in [6, 6.07) is 1.44. The second-order valence-corrected chi connectivity index (χ2v) is 10.3. The summed E-state index contributed by atoms with van der Waals surface area (Å²) in [5.41, 5.74) is 11.8. The van der Waals surface area contributed by atoms with Crippen LogP contribution in [0, 0.1) is 5.92 Å². The van der Waals surface area contributed by atoms with Crippen molar-refractivity contribution in [3.8, 4) is 0 Å². The molecule has 3 unspecified atom stereocenters. The van der Waals surface area contributed by atoms with E-state index in [1.165, 1.54) is 12.5 Å². The molecule has 96 valence electrons. The Morgan fingerprint density at radius 1 is 1.44 bits per heavy atom. The molecule has 3 atom stereocenters. The summed E-state index contributed by atoms with van der Waals surface area (Å²) in [6.45, 7) is 9.64. The van der Waals surface area contributed by atoms with Crippen molar-refractivity contribution in [2.75, 3.05) is 6.54 Å². The van der Waals surface area contributed by atoms with E-state index < -0.39 is 8.32 Å². The molecular weight excluding hydrogens is 216 g/mol. The Kier molecular flexibility index (Phi) is 4.57. The fourth-order valence-corrected chi connectivity index (χ4v) is 5.81. The third-order valence-electron chi connectivity index (χ3n) is 3.86. The van der Waals surface area contributed by atoms with E-state index >= 15 is 0 Å². The van der Waals surface area contributed by atoms with Gasteiger partial charge in [0, 0.05) is 12.0 Å². The summed E-state index contributed by atoms with van der Waals surface area (Å²) in [4.78, 5) is 0. The maximum Gasteiger partial charge on any atom is 0.187 e. The van der Waals surface area contributed by atoms with Gasteiger partial charge in [0.15, 0.2) is 8.32 Å². The molecular formula is C12H28N2OSi. The van der Waals surface area contributed by atoms with Gasteiger partial charge >= 0.3 is 0 Å². The molecule has 0 bridgehead atoms. The molecule has 3 nitrogen and oxygen atoms in total. The van der Waals surface area contributed by atoms with Crippen LogP contribution < -0.4 is 11.5 Å². The number of rotatable bonds is 4. The largest absolute Gasteiger partial charge is 0.412 e. The smallest absolute Gasteiger partial charge is 0.187 e. The first-order chi connectivity index (χ1) is 7.31. The maximum atomic E-state index is 6.44. The van der Waals surface area contributed by atoms with E-state index in [2.05, 4.69) is 26.9 Å². The molecule has 0 aromatic carbocycles. The molecule has 0 aromatic rings. The van der Waals surface area contributed by atoms with Gasteiger partial charge in [0.2, 0.25) is 0 Å². The number of nitrogens with two attached hydrogens (primary N) is 2. The quantitative estimate of drug-likeness (QED) is 0.744. The third kappa shape index (κ3) is 3.29. The summed E-state index contributed by atoms with van der Waals surface area (Å²) < 4.78 is 6.44. The molecule has 1 saturated heterocycles. The van der Waals surface area contributed by atoms with Crippen molar-refractivity contribution in [1.82, 2.24) is 0 Å². The Bertz CT molecular complexity index is 233. The lowest BCUT2D eigenvalue weighted by atomic mass is 9.79. The molecule has 0 saturated carbocycles. The zero-order valence-electron chi connectivity index (χ0n) is 11.3. The lowest BCUT2D eigenvalue weighted by Crippen LogP contribution is -2.55. The molecule has 0 spiro atoms. The summed E-state index contributed by atoms with van der Waals surface area (Å²) in [6.07, 6.45) is 3.39. The van der Waals surface area contributed by atoms with Crippen LogP contribution in [-0.2, 0) is 4.43 Å². The highest BCUT2D eigenvalue weighted by Crippen LogP contribution is 2.40. The zero-order chi connectivity index (χ0) is 12.4. The topological polar surface area (TPSA) is 61.3 Å². The van der Waals surface area contributed by atoms with E-state index in [4.69, 9.17) is 15.9 Å². The van der Waals surface area contributed by atoms with E-state index in [1.807, 2.05) is 0 Å². The first-order valence-corrected chi connectivity index (χ1v) is 9.58. The second-order valence-electron chi connectivity index (χ2n) is 6.07. The molecule has 16 heavy (non-hydrogen) atoms. The van der Waals surface area contributed by atoms with Crippen molar-refractivity contribution in [1.29, 1.82) is 0 Å². The van der Waals surface area contributed by atoms with Crippen LogP contribution in [0.2, 0.25) is 19.1 Å². The lowest BCUT2D eigenvalue weighted by Gasteiger charge is -2.48. The molecule has 1 heterocycles. The highest BCUT2D eigenvalue weighted by molar-refractivity contribution is 6.71. The summed E-state index contributed by atoms with van der Waals surface area (Å²) in [5.74, 6) is 0.393. The van der Waals surface area contributed by atoms with Gasteiger partial charge in [-0.25, -0.2) is 0 Å². The van der Waals surface area contributed by atoms with Gasteiger partial charge in [0.1, 0.15) is 0 Å². The van der Waals surface area contributed by atoms with E-state index in [0.29, 0.717) is 12.5 Å². The number of hydrogen-bond acceptors (Lipinski definition) is 3. The molecule has 1 aliphatic heterocycles. The zero-order valence-corrected chi connectivity index (χ0v) is 12.3. The molecule has 0 amide bonds. The first kappa shape index (κ1) is 14.2. The number of hydrogen-bond donors (Lipinski definition) is 2. The lowest BCUT2D eigenvalue weighted by molar-refractivity contribution is -0.0154. The van der Waals surface area contributed by atoms with Gasteiger partial charge in [-0.1, -0.05) is 6.42 Å². The highest BCUT2D eigenvalue weighted by atomic mass is 28.4. The average Bonchev–Trinajstić information content (AvgIpc) is 2.11. The highest BCUT2D eigenvalue weighted by Gasteiger charge is 2.44. The van der Waals surface area contributed by atoms with Crippen LogP contribution in [-0.4, -0.2) is 26.5 Å². The predicted octanol–water partition coefficient (Wildman–Crippen LogP) is 2.07. The SMILES string of the molecule is CC(N)C(CCN)C1(C)CCC[Si](C)(C)O1. The van der Waals surface area contributed by atoms with Crippen LogP contribution in [0.3, 0.4) is 0 Å². The molecule has 1 rings (SSSR count). The average molecular weight is 244 g/mol. The monoisotopic (exact) mass is 244 g/mol. The minimum Gasteiger partial charge on any atom is -0.412 e. The molecule has 0 aliphatic carbocycles. The minimum absolute atomic E-state index is 0.0402. The summed E-state index contributed by atoms with van der Waals surface area (Å²) >= 11 is 0. The van der Waals surface area contributed by atoms with Crippen molar-refractivity contribution in [3.63, 3.8) is 0 Å². The first-order valence-electron chi connectivity index (χ1n) is 6.46. The summed E-state index contributed by atoms with van der Waals surface area (Å²) in [7, 11) is -1.46. The third-order valence-corrected chi connectivity index (χ3v) is 6.43. The fraction of sp³-hybridized carbons (Fsp3) is 1.00. The molecule has 1 fully saturated rings. The standard InChI is InChI=1S/C12H28N2OSi/c1-10(14)11(6-8-13)12(2)7-5-9-16(3,4)15-12/h10-11H,5-9,13-14H2,1-4H3. The predicted molar refractivity (Wildman–Crippen MR) is 71.8 cm³/mol. The Labute approximate surface area is 101 Å². The van der Waals surface area contributed by atoms with Crippen LogP contribution in [0.4, 0.5) is 0 Å². The molecule has 4 N–H and O–H groups in total. The van der Waals surface area contributed by atoms with E-state index in [1.54, 1.807) is 0 Å². The fourth-order valence-electron chi connectivity index (χ4n) is 3.16. The van der Waals surface area contributed by atoms with E-state index in [-0.39, 0.29) is 11.6 Å². The van der Waals surface area contributed by atoms with Gasteiger partial charge in [0.05, 0.1) is 5.60 Å². The molecule has 0 aromatic heterocycles. The minimum atomic E-state index is -1.46. The summed E-state index contributed by atoms with van der Waals surface area (Å²) in [5, 5.41) is 0. The van der Waals surface area contributed by atoms with Gasteiger partial charge in [-0.2, -0.15) is 0 Å². The van der Waals surface area contributed by atoms with E-state index in [0.717, 1.165) is 12.8 Å². The normalized spacial score (nSPS) is 33.4. The van der Waals surface area contributed by atoms with E-state index in [9.17, 15) is 0 Å². The Hall–Kier alpha value is 0.0969. The van der Waals surface area contributed by atoms with Crippen LogP contribution >= 0.6 is 0 Å². The van der Waals surface area contributed by atoms with Gasteiger partial charge < -0.3 is 15.9 Å².